The zero-order valence-corrected chi connectivity index (χ0v) is 8.91. The number of ether oxygens (including phenoxy) is 1. The molecule has 0 N–H and O–H groups in total. The maximum atomic E-state index is 11.1. The van der Waals surface area contributed by atoms with E-state index >= 15 is 0 Å². The van der Waals surface area contributed by atoms with Gasteiger partial charge in [-0.25, -0.2) is 4.79 Å². The molecule has 0 aliphatic carbocycles. The molecule has 0 fully saturated rings. The van der Waals surface area contributed by atoms with Crippen molar-refractivity contribution < 1.29 is 14.5 Å². The highest BCUT2D eigenvalue weighted by Crippen LogP contribution is 2.15. The van der Waals surface area contributed by atoms with Gasteiger partial charge in [-0.05, 0) is 11.6 Å². The van der Waals surface area contributed by atoms with E-state index in [-0.39, 0.29) is 11.3 Å². The number of benzene rings is 1. The average molecular weight is 232 g/mol. The van der Waals surface area contributed by atoms with E-state index in [1.54, 1.807) is 12.1 Å². The molecule has 1 aromatic rings. The van der Waals surface area contributed by atoms with Crippen molar-refractivity contribution in [2.45, 2.75) is 0 Å². The molecule has 1 aromatic carbocycles. The molecule has 17 heavy (non-hydrogen) atoms. The summed E-state index contributed by atoms with van der Waals surface area (Å²) in [6, 6.07) is 7.27. The standard InChI is InChI=1S/C11H8N2O4/c1-17-11(14)9(7-12)5-8-3-2-4-10(6-8)13(15)16/h2-6H,1H3/b9-5+. The van der Waals surface area contributed by atoms with E-state index in [1.165, 1.54) is 24.3 Å². The predicted octanol–water partition coefficient (Wildman–Crippen LogP) is 1.67. The van der Waals surface area contributed by atoms with E-state index in [9.17, 15) is 14.9 Å². The molecule has 0 unspecified atom stereocenters. The molecule has 0 aliphatic heterocycles. The van der Waals surface area contributed by atoms with Crippen molar-refractivity contribution in [3.63, 3.8) is 0 Å². The van der Waals surface area contributed by atoms with Crippen LogP contribution >= 0.6 is 0 Å². The first-order valence-corrected chi connectivity index (χ1v) is 4.53. The van der Waals surface area contributed by atoms with E-state index in [0.717, 1.165) is 7.11 Å². The molecule has 1 rings (SSSR count). The third-order valence-electron chi connectivity index (χ3n) is 1.92. The van der Waals surface area contributed by atoms with Crippen LogP contribution in [0, 0.1) is 21.4 Å². The van der Waals surface area contributed by atoms with Crippen LogP contribution in [0.5, 0.6) is 0 Å². The van der Waals surface area contributed by atoms with Crippen molar-refractivity contribution in [3.05, 3.63) is 45.5 Å². The Morgan fingerprint density at radius 3 is 2.82 bits per heavy atom. The smallest absolute Gasteiger partial charge is 0.348 e. The maximum Gasteiger partial charge on any atom is 0.348 e. The monoisotopic (exact) mass is 232 g/mol. The minimum atomic E-state index is -0.779. The molecule has 0 amide bonds. The van der Waals surface area contributed by atoms with Crippen molar-refractivity contribution in [1.29, 1.82) is 5.26 Å². The number of hydrogen-bond donors (Lipinski definition) is 0. The predicted molar refractivity (Wildman–Crippen MR) is 58.7 cm³/mol. The Kier molecular flexibility index (Phi) is 3.95. The summed E-state index contributed by atoms with van der Waals surface area (Å²) < 4.78 is 4.39. The number of carbonyl (C=O) groups excluding carboxylic acids is 1. The molecular formula is C11H8N2O4. The Hall–Kier alpha value is -2.68. The van der Waals surface area contributed by atoms with Crippen LogP contribution in [0.4, 0.5) is 5.69 Å². The zero-order chi connectivity index (χ0) is 12.8. The van der Waals surface area contributed by atoms with Crippen LogP contribution in [0.3, 0.4) is 0 Å². The molecule has 0 aromatic heterocycles. The Balaban J connectivity index is 3.13. The lowest BCUT2D eigenvalue weighted by Crippen LogP contribution is -2.02. The SMILES string of the molecule is COC(=O)/C(C#N)=C/c1cccc([N+](=O)[O-])c1. The van der Waals surface area contributed by atoms with Crippen LogP contribution in [-0.2, 0) is 9.53 Å². The Labute approximate surface area is 96.9 Å². The summed E-state index contributed by atoms with van der Waals surface area (Å²) in [5.74, 6) is -0.779. The molecule has 0 spiro atoms. The molecule has 6 heteroatoms. The zero-order valence-electron chi connectivity index (χ0n) is 8.91. The van der Waals surface area contributed by atoms with Crippen molar-refractivity contribution in [2.24, 2.45) is 0 Å². The van der Waals surface area contributed by atoms with Crippen molar-refractivity contribution in [2.75, 3.05) is 7.11 Å². The number of nitrogens with zero attached hydrogens (tertiary/aromatic N) is 2. The molecule has 6 nitrogen and oxygen atoms in total. The number of esters is 1. The number of rotatable bonds is 3. The van der Waals surface area contributed by atoms with Crippen molar-refractivity contribution in [3.8, 4) is 6.07 Å². The van der Waals surface area contributed by atoms with E-state index < -0.39 is 10.9 Å². The lowest BCUT2D eigenvalue weighted by Gasteiger charge is -1.97. The van der Waals surface area contributed by atoms with Crippen LogP contribution in [0.25, 0.3) is 6.08 Å². The van der Waals surface area contributed by atoms with E-state index in [4.69, 9.17) is 5.26 Å². The minimum absolute atomic E-state index is 0.110. The molecule has 0 bridgehead atoms. The Bertz CT molecular complexity index is 529. The lowest BCUT2D eigenvalue weighted by atomic mass is 10.1. The number of nitriles is 1. The van der Waals surface area contributed by atoms with Gasteiger partial charge in [-0.1, -0.05) is 12.1 Å². The highest BCUT2D eigenvalue weighted by Gasteiger charge is 2.10. The van der Waals surface area contributed by atoms with Gasteiger partial charge in [0, 0.05) is 12.1 Å². The number of hydrogen-bond acceptors (Lipinski definition) is 5. The highest BCUT2D eigenvalue weighted by molar-refractivity contribution is 5.97. The van der Waals surface area contributed by atoms with Crippen LogP contribution in [0.1, 0.15) is 5.56 Å². The number of non-ortho nitro benzene ring substituents is 1. The van der Waals surface area contributed by atoms with Gasteiger partial charge in [0.1, 0.15) is 11.6 Å². The van der Waals surface area contributed by atoms with Crippen molar-refractivity contribution in [1.82, 2.24) is 0 Å². The topological polar surface area (TPSA) is 93.2 Å². The molecule has 0 aliphatic rings. The quantitative estimate of drug-likeness (QED) is 0.260. The largest absolute Gasteiger partial charge is 0.465 e. The normalized spacial score (nSPS) is 10.5. The van der Waals surface area contributed by atoms with E-state index in [2.05, 4.69) is 4.74 Å². The first-order valence-electron chi connectivity index (χ1n) is 4.53. The summed E-state index contributed by atoms with van der Waals surface area (Å²) in [6.45, 7) is 0. The lowest BCUT2D eigenvalue weighted by molar-refractivity contribution is -0.384. The summed E-state index contributed by atoms with van der Waals surface area (Å²) in [5, 5.41) is 19.2. The van der Waals surface area contributed by atoms with Gasteiger partial charge in [0.05, 0.1) is 12.0 Å². The number of methoxy groups -OCH3 is 1. The van der Waals surface area contributed by atoms with Gasteiger partial charge in [0.25, 0.3) is 5.69 Å². The van der Waals surface area contributed by atoms with Crippen LogP contribution < -0.4 is 0 Å². The molecule has 0 radical (unpaired) electrons. The van der Waals surface area contributed by atoms with Gasteiger partial charge in [0.15, 0.2) is 0 Å². The first-order chi connectivity index (χ1) is 8.08. The first kappa shape index (κ1) is 12.4. The third kappa shape index (κ3) is 3.14. The van der Waals surface area contributed by atoms with Gasteiger partial charge >= 0.3 is 5.97 Å². The fraction of sp³-hybridized carbons (Fsp3) is 0.0909. The highest BCUT2D eigenvalue weighted by atomic mass is 16.6. The summed E-state index contributed by atoms with van der Waals surface area (Å²) in [5.41, 5.74) is 0.0649. The van der Waals surface area contributed by atoms with Crippen LogP contribution in [-0.4, -0.2) is 18.0 Å². The molecule has 0 heterocycles. The van der Waals surface area contributed by atoms with Gasteiger partial charge in [-0.2, -0.15) is 5.26 Å². The summed E-state index contributed by atoms with van der Waals surface area (Å²) in [7, 11) is 1.15. The second kappa shape index (κ2) is 5.42. The molecule has 0 saturated heterocycles. The second-order valence-corrected chi connectivity index (χ2v) is 3.01. The summed E-state index contributed by atoms with van der Waals surface area (Å²) >= 11 is 0. The van der Waals surface area contributed by atoms with Crippen molar-refractivity contribution >= 4 is 17.7 Å². The molecule has 0 saturated carbocycles. The van der Waals surface area contributed by atoms with E-state index in [1.807, 2.05) is 0 Å². The van der Waals surface area contributed by atoms with Gasteiger partial charge in [-0.15, -0.1) is 0 Å². The number of carbonyl (C=O) groups is 1. The number of nitro benzene ring substituents is 1. The molecular weight excluding hydrogens is 224 g/mol. The summed E-state index contributed by atoms with van der Waals surface area (Å²) in [4.78, 5) is 21.1. The van der Waals surface area contributed by atoms with Gasteiger partial charge in [-0.3, -0.25) is 10.1 Å². The molecule has 86 valence electrons. The minimum Gasteiger partial charge on any atom is -0.465 e. The molecule has 0 atom stereocenters. The fourth-order valence-electron chi connectivity index (χ4n) is 1.14. The Morgan fingerprint density at radius 2 is 2.29 bits per heavy atom. The van der Waals surface area contributed by atoms with Gasteiger partial charge < -0.3 is 4.74 Å². The van der Waals surface area contributed by atoms with Crippen LogP contribution in [0.15, 0.2) is 29.8 Å². The maximum absolute atomic E-state index is 11.1. The Morgan fingerprint density at radius 1 is 1.59 bits per heavy atom. The second-order valence-electron chi connectivity index (χ2n) is 3.01. The van der Waals surface area contributed by atoms with Gasteiger partial charge in [0.2, 0.25) is 0 Å². The third-order valence-corrected chi connectivity index (χ3v) is 1.92. The van der Waals surface area contributed by atoms with Crippen LogP contribution in [0.2, 0.25) is 0 Å². The summed E-state index contributed by atoms with van der Waals surface area (Å²) in [6.07, 6.45) is 1.23. The van der Waals surface area contributed by atoms with E-state index in [0.29, 0.717) is 5.56 Å². The average Bonchev–Trinajstić information content (AvgIpc) is 2.35. The fourth-order valence-corrected chi connectivity index (χ4v) is 1.14. The number of nitro groups is 1.